The number of rotatable bonds is 3. The van der Waals surface area contributed by atoms with Crippen LogP contribution in [0, 0.1) is 6.92 Å². The molecule has 116 valence electrons. The van der Waals surface area contributed by atoms with Gasteiger partial charge in [-0.15, -0.1) is 10.2 Å². The predicted octanol–water partition coefficient (Wildman–Crippen LogP) is 2.56. The van der Waals surface area contributed by atoms with Gasteiger partial charge in [-0.2, -0.15) is 0 Å². The van der Waals surface area contributed by atoms with Crippen molar-refractivity contribution in [3.8, 4) is 0 Å². The Balaban J connectivity index is 1.97. The van der Waals surface area contributed by atoms with Crippen molar-refractivity contribution in [1.29, 1.82) is 0 Å². The lowest BCUT2D eigenvalue weighted by Gasteiger charge is -2.32. The van der Waals surface area contributed by atoms with E-state index in [2.05, 4.69) is 15.6 Å². The zero-order valence-electron chi connectivity index (χ0n) is 12.1. The molecule has 0 aliphatic carbocycles. The van der Waals surface area contributed by atoms with E-state index in [1.165, 1.54) is 11.8 Å². The molecule has 1 aliphatic heterocycles. The minimum absolute atomic E-state index is 0.247. The molecular weight excluding hydrogens is 324 g/mol. The van der Waals surface area contributed by atoms with Gasteiger partial charge >= 0.3 is 5.97 Å². The Hall–Kier alpha value is -1.73. The fourth-order valence-corrected chi connectivity index (χ4v) is 3.53. The van der Waals surface area contributed by atoms with Crippen LogP contribution in [0.5, 0.6) is 0 Å². The van der Waals surface area contributed by atoms with Crippen LogP contribution >= 0.6 is 23.4 Å². The molecule has 0 saturated heterocycles. The number of fused-ring (bicyclic) bond motifs is 1. The molecule has 1 aromatic heterocycles. The lowest BCUT2D eigenvalue weighted by Crippen LogP contribution is -2.39. The molecule has 6 nitrogen and oxygen atoms in total. The van der Waals surface area contributed by atoms with Gasteiger partial charge in [0.15, 0.2) is 0 Å². The molecule has 0 spiro atoms. The van der Waals surface area contributed by atoms with Gasteiger partial charge in [0.2, 0.25) is 5.16 Å². The molecular formula is C14H15ClN4O2S. The van der Waals surface area contributed by atoms with Crippen molar-refractivity contribution in [3.63, 3.8) is 0 Å². The number of aromatic nitrogens is 3. The Morgan fingerprint density at radius 3 is 2.82 bits per heavy atom. The molecule has 0 bridgehead atoms. The summed E-state index contributed by atoms with van der Waals surface area (Å²) in [4.78, 5) is 12.3. The van der Waals surface area contributed by atoms with Gasteiger partial charge in [0, 0.05) is 5.02 Å². The second kappa shape index (κ2) is 6.18. The molecule has 3 rings (SSSR count). The number of carbonyl (C=O) groups excluding carboxylic acids is 1. The van der Waals surface area contributed by atoms with Gasteiger partial charge in [0.05, 0.1) is 12.6 Å². The number of hydrogen-bond donors (Lipinski definition) is 1. The Bertz CT molecular complexity index is 689. The Morgan fingerprint density at radius 2 is 2.14 bits per heavy atom. The van der Waals surface area contributed by atoms with E-state index in [-0.39, 0.29) is 12.0 Å². The lowest BCUT2D eigenvalue weighted by atomic mass is 10.0. The number of halogens is 1. The van der Waals surface area contributed by atoms with Gasteiger partial charge in [-0.05, 0) is 31.5 Å². The summed E-state index contributed by atoms with van der Waals surface area (Å²) in [6.07, 6.45) is 0. The Labute approximate surface area is 137 Å². The highest BCUT2D eigenvalue weighted by Gasteiger charge is 2.38. The van der Waals surface area contributed by atoms with Crippen molar-refractivity contribution in [2.45, 2.75) is 30.3 Å². The molecule has 22 heavy (non-hydrogen) atoms. The van der Waals surface area contributed by atoms with Crippen molar-refractivity contribution in [2.75, 3.05) is 12.0 Å². The van der Waals surface area contributed by atoms with E-state index in [9.17, 15) is 4.79 Å². The number of hydrogen-bond acceptors (Lipinski definition) is 6. The summed E-state index contributed by atoms with van der Waals surface area (Å²) >= 11 is 7.30. The van der Waals surface area contributed by atoms with Gasteiger partial charge in [0.1, 0.15) is 11.1 Å². The second-order valence-corrected chi connectivity index (χ2v) is 6.36. The van der Waals surface area contributed by atoms with Crippen LogP contribution < -0.4 is 5.43 Å². The van der Waals surface area contributed by atoms with Crippen LogP contribution in [0.25, 0.3) is 0 Å². The molecule has 0 unspecified atom stereocenters. The molecule has 1 aromatic carbocycles. The van der Waals surface area contributed by atoms with Crippen LogP contribution in [0.3, 0.4) is 0 Å². The fourth-order valence-electron chi connectivity index (χ4n) is 2.28. The number of benzene rings is 1. The van der Waals surface area contributed by atoms with E-state index in [4.69, 9.17) is 16.3 Å². The highest BCUT2D eigenvalue weighted by molar-refractivity contribution is 8.00. The molecule has 2 atom stereocenters. The third-order valence-electron chi connectivity index (χ3n) is 3.35. The number of carbonyl (C=O) groups is 1. The van der Waals surface area contributed by atoms with Crippen molar-refractivity contribution in [3.05, 3.63) is 40.7 Å². The van der Waals surface area contributed by atoms with Crippen LogP contribution in [-0.4, -0.2) is 32.7 Å². The minimum atomic E-state index is -0.433. The first kappa shape index (κ1) is 15.2. The smallest absolute Gasteiger partial charge is 0.322 e. The van der Waals surface area contributed by atoms with Gasteiger partial charge in [-0.3, -0.25) is 4.79 Å². The maximum Gasteiger partial charge on any atom is 0.322 e. The number of nitrogens with zero attached hydrogens (tertiary/aromatic N) is 3. The van der Waals surface area contributed by atoms with Gasteiger partial charge in [0.25, 0.3) is 0 Å². The van der Waals surface area contributed by atoms with Crippen molar-refractivity contribution in [2.24, 2.45) is 0 Å². The van der Waals surface area contributed by atoms with Gasteiger partial charge in [-0.1, -0.05) is 35.5 Å². The summed E-state index contributed by atoms with van der Waals surface area (Å²) < 4.78 is 6.99. The molecule has 2 aromatic rings. The first-order valence-electron chi connectivity index (χ1n) is 6.87. The van der Waals surface area contributed by atoms with E-state index in [1.807, 2.05) is 19.1 Å². The zero-order valence-corrected chi connectivity index (χ0v) is 13.7. The number of thioether (sulfide) groups is 1. The van der Waals surface area contributed by atoms with Gasteiger partial charge in [-0.25, -0.2) is 4.68 Å². The summed E-state index contributed by atoms with van der Waals surface area (Å²) in [6.45, 7) is 3.99. The number of aryl methyl sites for hydroxylation is 1. The molecule has 2 heterocycles. The highest BCUT2D eigenvalue weighted by atomic mass is 35.5. The van der Waals surface area contributed by atoms with Crippen molar-refractivity contribution < 1.29 is 9.53 Å². The maximum atomic E-state index is 12.3. The van der Waals surface area contributed by atoms with E-state index in [0.29, 0.717) is 16.8 Å². The van der Waals surface area contributed by atoms with Gasteiger partial charge < -0.3 is 10.2 Å². The summed E-state index contributed by atoms with van der Waals surface area (Å²) in [7, 11) is 0. The molecule has 0 fully saturated rings. The quantitative estimate of drug-likeness (QED) is 0.867. The molecule has 1 N–H and O–H groups in total. The van der Waals surface area contributed by atoms with Crippen LogP contribution in [0.4, 0.5) is 0 Å². The predicted molar refractivity (Wildman–Crippen MR) is 84.6 cm³/mol. The first-order chi connectivity index (χ1) is 10.6. The fraction of sp³-hybridized carbons (Fsp3) is 0.357. The summed E-state index contributed by atoms with van der Waals surface area (Å²) in [5.41, 5.74) is 4.25. The van der Waals surface area contributed by atoms with Crippen LogP contribution in [-0.2, 0) is 9.53 Å². The van der Waals surface area contributed by atoms with Crippen molar-refractivity contribution in [1.82, 2.24) is 14.9 Å². The molecule has 0 amide bonds. The number of esters is 1. The average Bonchev–Trinajstić information content (AvgIpc) is 2.88. The van der Waals surface area contributed by atoms with Crippen LogP contribution in [0.15, 0.2) is 29.4 Å². The monoisotopic (exact) mass is 338 g/mol. The standard InChI is InChI=1S/C14H15ClN4O2S/c1-3-21-13(20)12-11(9-4-6-10(15)7-5-9)18-19-8(2)16-17-14(19)22-12/h4-7,11-12,18H,3H2,1-2H3/t11-,12+/m0/s1. The normalized spacial score (nSPS) is 20.1. The third kappa shape index (κ3) is 2.78. The zero-order chi connectivity index (χ0) is 15.7. The molecule has 8 heteroatoms. The van der Waals surface area contributed by atoms with Crippen molar-refractivity contribution >= 4 is 29.3 Å². The van der Waals surface area contributed by atoms with Crippen LogP contribution in [0.1, 0.15) is 24.4 Å². The summed E-state index contributed by atoms with van der Waals surface area (Å²) in [6, 6.07) is 7.16. The Morgan fingerprint density at radius 1 is 1.41 bits per heavy atom. The van der Waals surface area contributed by atoms with E-state index < -0.39 is 5.25 Å². The molecule has 0 saturated carbocycles. The SMILES string of the molecule is CCOC(=O)[C@@H]1Sc2nnc(C)n2N[C@H]1c1ccc(Cl)cc1. The topological polar surface area (TPSA) is 69.0 Å². The average molecular weight is 339 g/mol. The number of ether oxygens (including phenoxy) is 1. The first-order valence-corrected chi connectivity index (χ1v) is 8.13. The Kier molecular flexibility index (Phi) is 4.26. The van der Waals surface area contributed by atoms with E-state index >= 15 is 0 Å². The summed E-state index contributed by atoms with van der Waals surface area (Å²) in [5, 5.41) is 8.99. The maximum absolute atomic E-state index is 12.3. The molecule has 0 radical (unpaired) electrons. The molecule has 1 aliphatic rings. The lowest BCUT2D eigenvalue weighted by molar-refractivity contribution is -0.142. The minimum Gasteiger partial charge on any atom is -0.465 e. The third-order valence-corrected chi connectivity index (χ3v) is 4.79. The summed E-state index contributed by atoms with van der Waals surface area (Å²) in [5.74, 6) is 0.468. The van der Waals surface area contributed by atoms with E-state index in [0.717, 1.165) is 11.4 Å². The van der Waals surface area contributed by atoms with Crippen LogP contribution in [0.2, 0.25) is 5.02 Å². The number of nitrogens with one attached hydrogen (secondary N) is 1. The highest BCUT2D eigenvalue weighted by Crippen LogP contribution is 2.37. The second-order valence-electron chi connectivity index (χ2n) is 4.81. The van der Waals surface area contributed by atoms with E-state index in [1.54, 1.807) is 23.7 Å². The largest absolute Gasteiger partial charge is 0.465 e.